The van der Waals surface area contributed by atoms with Gasteiger partial charge in [-0.2, -0.15) is 5.26 Å². The summed E-state index contributed by atoms with van der Waals surface area (Å²) in [6.45, 7) is 1.77. The van der Waals surface area contributed by atoms with Gasteiger partial charge in [0.15, 0.2) is 11.4 Å². The van der Waals surface area contributed by atoms with Crippen molar-refractivity contribution < 1.29 is 14.3 Å². The fraction of sp³-hybridized carbons (Fsp3) is 0.161. The zero-order valence-electron chi connectivity index (χ0n) is 22.2. The van der Waals surface area contributed by atoms with Gasteiger partial charge in [0.1, 0.15) is 11.8 Å². The molecule has 4 aromatic rings. The molecule has 0 amide bonds. The number of rotatable bonds is 8. The number of halogens is 1. The normalized spacial score (nSPS) is 14.7. The van der Waals surface area contributed by atoms with Crippen molar-refractivity contribution in [2.75, 3.05) is 19.5 Å². The van der Waals surface area contributed by atoms with Crippen molar-refractivity contribution in [1.82, 2.24) is 4.57 Å². The Morgan fingerprint density at radius 3 is 2.61 bits per heavy atom. The molecule has 0 fully saturated rings. The van der Waals surface area contributed by atoms with Crippen LogP contribution in [0.2, 0.25) is 5.02 Å². The minimum Gasteiger partial charge on any atom is -0.478 e. The number of nitriles is 1. The minimum absolute atomic E-state index is 0.154. The topological polar surface area (TPSA) is 93.7 Å². The molecule has 7 nitrogen and oxygen atoms in total. The summed E-state index contributed by atoms with van der Waals surface area (Å²) in [6, 6.07) is 23.3. The summed E-state index contributed by atoms with van der Waals surface area (Å²) in [5, 5.41) is 9.45. The van der Waals surface area contributed by atoms with E-state index in [1.807, 2.05) is 66.9 Å². The molecule has 1 aromatic heterocycles. The van der Waals surface area contributed by atoms with E-state index < -0.39 is 12.0 Å². The van der Waals surface area contributed by atoms with Crippen LogP contribution < -0.4 is 19.6 Å². The van der Waals surface area contributed by atoms with E-state index in [1.165, 1.54) is 11.3 Å². The maximum atomic E-state index is 14.1. The molecule has 10 heteroatoms. The van der Waals surface area contributed by atoms with Crippen LogP contribution in [0.15, 0.2) is 93.1 Å². The molecule has 0 spiro atoms. The summed E-state index contributed by atoms with van der Waals surface area (Å²) < 4.78 is 13.0. The minimum atomic E-state index is -0.771. The molecule has 1 aliphatic rings. The molecule has 206 valence electrons. The third kappa shape index (κ3) is 5.86. The van der Waals surface area contributed by atoms with Gasteiger partial charge in [-0.05, 0) is 55.2 Å². The maximum absolute atomic E-state index is 14.1. The third-order valence-corrected chi connectivity index (χ3v) is 8.32. The fourth-order valence-corrected chi connectivity index (χ4v) is 6.14. The molecular weight excluding hydrogens is 578 g/mol. The summed E-state index contributed by atoms with van der Waals surface area (Å²) in [4.78, 5) is 34.0. The van der Waals surface area contributed by atoms with Crippen LogP contribution in [0.4, 0.5) is 0 Å². The first kappa shape index (κ1) is 28.4. The fourth-order valence-electron chi connectivity index (χ4n) is 4.56. The molecule has 0 bridgehead atoms. The van der Waals surface area contributed by atoms with Gasteiger partial charge in [-0.25, -0.2) is 9.79 Å². The molecule has 1 atom stereocenters. The van der Waals surface area contributed by atoms with Crippen LogP contribution in [-0.2, 0) is 9.53 Å². The molecule has 41 heavy (non-hydrogen) atoms. The van der Waals surface area contributed by atoms with E-state index in [9.17, 15) is 9.59 Å². The second-order valence-electron chi connectivity index (χ2n) is 8.83. The number of thiazole rings is 1. The van der Waals surface area contributed by atoms with Crippen molar-refractivity contribution in [2.45, 2.75) is 17.9 Å². The van der Waals surface area contributed by atoms with Gasteiger partial charge in [0.2, 0.25) is 0 Å². The largest absolute Gasteiger partial charge is 0.478 e. The van der Waals surface area contributed by atoms with Crippen LogP contribution in [0.25, 0.3) is 11.8 Å². The van der Waals surface area contributed by atoms with Gasteiger partial charge in [-0.15, -0.1) is 11.8 Å². The first-order valence-electron chi connectivity index (χ1n) is 12.7. The van der Waals surface area contributed by atoms with Crippen molar-refractivity contribution in [3.63, 3.8) is 0 Å². The SMILES string of the molecule is CCOC(=O)C1=C(c2ccccc2)N=c2s/c(=C\c3cc(Cl)ccc3OCC#N)c(=O)n2[C@@H]1c1ccc(SC)cc1. The predicted molar refractivity (Wildman–Crippen MR) is 162 cm³/mol. The first-order chi connectivity index (χ1) is 19.9. The Balaban J connectivity index is 1.80. The van der Waals surface area contributed by atoms with E-state index in [4.69, 9.17) is 31.3 Å². The molecule has 0 radical (unpaired) electrons. The Kier molecular flexibility index (Phi) is 8.74. The van der Waals surface area contributed by atoms with Crippen LogP contribution >= 0.6 is 34.7 Å². The van der Waals surface area contributed by atoms with Gasteiger partial charge in [0.25, 0.3) is 5.56 Å². The number of aromatic nitrogens is 1. The van der Waals surface area contributed by atoms with Crippen molar-refractivity contribution >= 4 is 52.4 Å². The number of ether oxygens (including phenoxy) is 2. The quantitative estimate of drug-likeness (QED) is 0.203. The van der Waals surface area contributed by atoms with Gasteiger partial charge >= 0.3 is 5.97 Å². The maximum Gasteiger partial charge on any atom is 0.338 e. The molecule has 0 saturated carbocycles. The standard InChI is InChI=1S/C31H24ClN3O4S2/c1-3-38-30(37)26-27(19-7-5-4-6-8-19)34-31-35(28(26)20-9-12-23(40-2)13-10-20)29(36)25(41-31)18-21-17-22(32)11-14-24(21)39-16-15-33/h4-14,17-18,28H,3,16H2,1-2H3/b25-18-/t28-/m1/s1. The van der Waals surface area contributed by atoms with Crippen molar-refractivity contribution in [3.05, 3.63) is 120 Å². The van der Waals surface area contributed by atoms with Crippen molar-refractivity contribution in [1.29, 1.82) is 5.26 Å². The highest BCUT2D eigenvalue weighted by Crippen LogP contribution is 2.35. The Morgan fingerprint density at radius 1 is 1.17 bits per heavy atom. The van der Waals surface area contributed by atoms with E-state index >= 15 is 0 Å². The van der Waals surface area contributed by atoms with Crippen LogP contribution in [0.3, 0.4) is 0 Å². The number of carbonyl (C=O) groups is 1. The van der Waals surface area contributed by atoms with Crippen molar-refractivity contribution in [3.8, 4) is 11.8 Å². The van der Waals surface area contributed by atoms with Gasteiger partial charge in [0.05, 0.1) is 28.5 Å². The number of carbonyl (C=O) groups excluding carboxylic acids is 1. The number of nitrogens with zero attached hydrogens (tertiary/aromatic N) is 3. The van der Waals surface area contributed by atoms with Gasteiger partial charge in [-0.3, -0.25) is 9.36 Å². The van der Waals surface area contributed by atoms with Crippen LogP contribution in [0, 0.1) is 11.3 Å². The second kappa shape index (κ2) is 12.6. The molecule has 0 unspecified atom stereocenters. The van der Waals surface area contributed by atoms with E-state index in [1.54, 1.807) is 47.5 Å². The Hall–Kier alpha value is -4.10. The number of hydrogen-bond acceptors (Lipinski definition) is 8. The summed E-state index contributed by atoms with van der Waals surface area (Å²) in [6.07, 6.45) is 3.66. The average molecular weight is 602 g/mol. The van der Waals surface area contributed by atoms with Crippen LogP contribution in [0.1, 0.15) is 29.7 Å². The highest BCUT2D eigenvalue weighted by atomic mass is 35.5. The van der Waals surface area contributed by atoms with Gasteiger partial charge < -0.3 is 9.47 Å². The van der Waals surface area contributed by atoms with E-state index in [2.05, 4.69) is 0 Å². The second-order valence-corrected chi connectivity index (χ2v) is 11.2. The molecule has 1 aliphatic heterocycles. The monoisotopic (exact) mass is 601 g/mol. The lowest BCUT2D eigenvalue weighted by Gasteiger charge is -2.26. The lowest BCUT2D eigenvalue weighted by Crippen LogP contribution is -2.40. The number of fused-ring (bicyclic) bond motifs is 1. The van der Waals surface area contributed by atoms with Crippen LogP contribution in [-0.4, -0.2) is 30.0 Å². The third-order valence-electron chi connectivity index (χ3n) is 6.36. The Labute approximate surface area is 249 Å². The van der Waals surface area contributed by atoms with Crippen molar-refractivity contribution in [2.24, 2.45) is 4.99 Å². The Bertz CT molecular complexity index is 1860. The molecule has 3 aromatic carbocycles. The molecule has 0 saturated heterocycles. The van der Waals surface area contributed by atoms with Gasteiger partial charge in [0, 0.05) is 21.0 Å². The smallest absolute Gasteiger partial charge is 0.338 e. The number of benzene rings is 3. The van der Waals surface area contributed by atoms with E-state index in [0.717, 1.165) is 16.0 Å². The van der Waals surface area contributed by atoms with E-state index in [-0.39, 0.29) is 24.3 Å². The zero-order valence-corrected chi connectivity index (χ0v) is 24.6. The molecular formula is C31H24ClN3O4S2. The highest BCUT2D eigenvalue weighted by molar-refractivity contribution is 7.98. The summed E-state index contributed by atoms with van der Waals surface area (Å²) in [5.74, 6) is -0.117. The molecule has 0 N–H and O–H groups in total. The van der Waals surface area contributed by atoms with Gasteiger partial charge in [-0.1, -0.05) is 65.4 Å². The number of hydrogen-bond donors (Lipinski definition) is 0. The first-order valence-corrected chi connectivity index (χ1v) is 15.1. The van der Waals surface area contributed by atoms with E-state index in [0.29, 0.717) is 31.4 Å². The lowest BCUT2D eigenvalue weighted by molar-refractivity contribution is -0.138. The molecule has 2 heterocycles. The summed E-state index contributed by atoms with van der Waals surface area (Å²) in [7, 11) is 0. The van der Waals surface area contributed by atoms with Crippen LogP contribution in [0.5, 0.6) is 5.75 Å². The highest BCUT2D eigenvalue weighted by Gasteiger charge is 2.35. The summed E-state index contributed by atoms with van der Waals surface area (Å²) >= 11 is 9.06. The Morgan fingerprint density at radius 2 is 1.93 bits per heavy atom. The zero-order chi connectivity index (χ0) is 28.9. The number of thioether (sulfide) groups is 1. The number of esters is 1. The lowest BCUT2D eigenvalue weighted by atomic mass is 9.93. The molecule has 0 aliphatic carbocycles. The average Bonchev–Trinajstić information content (AvgIpc) is 3.30. The predicted octanol–water partition coefficient (Wildman–Crippen LogP) is 5.21. The summed E-state index contributed by atoms with van der Waals surface area (Å²) in [5.41, 5.74) is 2.45. The molecule has 5 rings (SSSR count).